The molecule has 26 heavy (non-hydrogen) atoms. The molecule has 0 aliphatic carbocycles. The second-order valence-corrected chi connectivity index (χ2v) is 7.08. The predicted octanol–water partition coefficient (Wildman–Crippen LogP) is 4.16. The minimum absolute atomic E-state index is 0.0234. The van der Waals surface area contributed by atoms with Gasteiger partial charge in [0.25, 0.3) is 0 Å². The smallest absolute Gasteiger partial charge is 0.224 e. The zero-order valence-corrected chi connectivity index (χ0v) is 15.3. The summed E-state index contributed by atoms with van der Waals surface area (Å²) in [5.41, 5.74) is 5.29. The predicted molar refractivity (Wildman–Crippen MR) is 106 cm³/mol. The Labute approximate surface area is 156 Å². The lowest BCUT2D eigenvalue weighted by Crippen LogP contribution is -2.24. The van der Waals surface area contributed by atoms with E-state index in [-0.39, 0.29) is 5.91 Å². The van der Waals surface area contributed by atoms with Crippen molar-refractivity contribution < 1.29 is 4.79 Å². The van der Waals surface area contributed by atoms with Crippen LogP contribution in [0, 0.1) is 0 Å². The van der Waals surface area contributed by atoms with E-state index in [0.29, 0.717) is 13.0 Å². The van der Waals surface area contributed by atoms with E-state index >= 15 is 0 Å². The van der Waals surface area contributed by atoms with Crippen molar-refractivity contribution >= 4 is 28.1 Å². The van der Waals surface area contributed by atoms with Gasteiger partial charge in [-0.1, -0.05) is 18.2 Å². The molecule has 0 bridgehead atoms. The summed E-state index contributed by atoms with van der Waals surface area (Å²) < 4.78 is 2.06. The lowest BCUT2D eigenvalue weighted by atomic mass is 10.1. The average Bonchev–Trinajstić information content (AvgIpc) is 3.30. The van der Waals surface area contributed by atoms with Gasteiger partial charge in [0.05, 0.1) is 12.1 Å². The number of para-hydroxylation sites is 1. The number of aromatic nitrogens is 2. The molecule has 5 heteroatoms. The largest absolute Gasteiger partial charge is 0.352 e. The van der Waals surface area contributed by atoms with Crippen LogP contribution in [0.5, 0.6) is 0 Å². The van der Waals surface area contributed by atoms with Crippen molar-refractivity contribution in [2.45, 2.75) is 13.0 Å². The van der Waals surface area contributed by atoms with Crippen LogP contribution in [-0.2, 0) is 24.8 Å². The summed E-state index contributed by atoms with van der Waals surface area (Å²) in [6.07, 6.45) is 4.20. The van der Waals surface area contributed by atoms with E-state index in [4.69, 9.17) is 0 Å². The molecule has 0 saturated heterocycles. The van der Waals surface area contributed by atoms with Crippen molar-refractivity contribution in [2.24, 2.45) is 7.05 Å². The molecule has 0 fully saturated rings. The molecule has 3 aromatic heterocycles. The third kappa shape index (κ3) is 3.39. The van der Waals surface area contributed by atoms with Gasteiger partial charge in [-0.2, -0.15) is 11.3 Å². The van der Waals surface area contributed by atoms with E-state index in [1.807, 2.05) is 42.9 Å². The van der Waals surface area contributed by atoms with Gasteiger partial charge in [-0.05, 0) is 40.8 Å². The van der Waals surface area contributed by atoms with Crippen LogP contribution in [-0.4, -0.2) is 15.5 Å². The van der Waals surface area contributed by atoms with Gasteiger partial charge in [-0.3, -0.25) is 9.78 Å². The van der Waals surface area contributed by atoms with Crippen molar-refractivity contribution in [1.29, 1.82) is 0 Å². The summed E-state index contributed by atoms with van der Waals surface area (Å²) in [6, 6.07) is 14.2. The highest BCUT2D eigenvalue weighted by Crippen LogP contribution is 2.22. The van der Waals surface area contributed by atoms with Gasteiger partial charge in [-0.15, -0.1) is 0 Å². The maximum absolute atomic E-state index is 12.4. The fourth-order valence-electron chi connectivity index (χ4n) is 3.15. The molecular formula is C21H19N3OS. The number of rotatable bonds is 5. The number of hydrogen-bond donors (Lipinski definition) is 1. The summed E-state index contributed by atoms with van der Waals surface area (Å²) in [4.78, 5) is 16.8. The van der Waals surface area contributed by atoms with Crippen LogP contribution < -0.4 is 5.32 Å². The molecule has 0 aliphatic rings. The number of benzene rings is 1. The molecule has 0 aliphatic heterocycles. The number of carbonyl (C=O) groups is 1. The van der Waals surface area contributed by atoms with Crippen LogP contribution in [0.15, 0.2) is 65.6 Å². The summed E-state index contributed by atoms with van der Waals surface area (Å²) >= 11 is 1.65. The van der Waals surface area contributed by atoms with Gasteiger partial charge in [-0.25, -0.2) is 0 Å². The first-order chi connectivity index (χ1) is 12.7. The monoisotopic (exact) mass is 361 g/mol. The van der Waals surface area contributed by atoms with E-state index in [2.05, 4.69) is 38.4 Å². The van der Waals surface area contributed by atoms with Crippen molar-refractivity contribution in [2.75, 3.05) is 0 Å². The van der Waals surface area contributed by atoms with E-state index in [9.17, 15) is 4.79 Å². The minimum Gasteiger partial charge on any atom is -0.352 e. The number of nitrogens with one attached hydrogen (secondary N) is 1. The quantitative estimate of drug-likeness (QED) is 0.580. The van der Waals surface area contributed by atoms with Gasteiger partial charge in [0.2, 0.25) is 5.91 Å². The third-order valence-electron chi connectivity index (χ3n) is 4.46. The second-order valence-electron chi connectivity index (χ2n) is 6.30. The van der Waals surface area contributed by atoms with Crippen LogP contribution in [0.4, 0.5) is 0 Å². The molecule has 4 aromatic rings. The maximum atomic E-state index is 12.4. The molecule has 4 rings (SSSR count). The molecule has 1 aromatic carbocycles. The Morgan fingerprint density at radius 3 is 2.96 bits per heavy atom. The molecule has 0 atom stereocenters. The lowest BCUT2D eigenvalue weighted by molar-refractivity contribution is -0.120. The Balaban J connectivity index is 1.43. The Morgan fingerprint density at radius 1 is 1.23 bits per heavy atom. The molecule has 130 valence electrons. The normalized spacial score (nSPS) is 11.0. The number of pyridine rings is 1. The Kier molecular flexibility index (Phi) is 4.54. The third-order valence-corrected chi connectivity index (χ3v) is 5.14. The zero-order chi connectivity index (χ0) is 17.9. The number of amides is 1. The van der Waals surface area contributed by atoms with Crippen molar-refractivity contribution in [3.05, 3.63) is 76.7 Å². The summed E-state index contributed by atoms with van der Waals surface area (Å²) in [5.74, 6) is 0.0234. The summed E-state index contributed by atoms with van der Waals surface area (Å²) in [6.45, 7) is 0.503. The Bertz CT molecular complexity index is 1050. The molecule has 4 nitrogen and oxygen atoms in total. The first-order valence-electron chi connectivity index (χ1n) is 8.48. The summed E-state index contributed by atoms with van der Waals surface area (Å²) in [7, 11) is 2.01. The molecule has 1 N–H and O–H groups in total. The molecule has 0 spiro atoms. The summed E-state index contributed by atoms with van der Waals surface area (Å²) in [5, 5.41) is 8.27. The lowest BCUT2D eigenvalue weighted by Gasteiger charge is -2.06. The van der Waals surface area contributed by atoms with Crippen molar-refractivity contribution in [3.63, 3.8) is 0 Å². The number of nitrogens with zero attached hydrogens (tertiary/aromatic N) is 2. The van der Waals surface area contributed by atoms with Crippen LogP contribution in [0.1, 0.15) is 11.1 Å². The number of thiophene rings is 1. The minimum atomic E-state index is 0.0234. The van der Waals surface area contributed by atoms with Crippen LogP contribution in [0.3, 0.4) is 0 Å². The van der Waals surface area contributed by atoms with E-state index in [0.717, 1.165) is 33.3 Å². The number of fused-ring (bicyclic) bond motifs is 1. The number of aryl methyl sites for hydroxylation is 1. The van der Waals surface area contributed by atoms with Gasteiger partial charge < -0.3 is 9.88 Å². The topological polar surface area (TPSA) is 46.9 Å². The fourth-order valence-corrected chi connectivity index (χ4v) is 3.80. The molecule has 0 saturated carbocycles. The molecule has 0 unspecified atom stereocenters. The van der Waals surface area contributed by atoms with Gasteiger partial charge in [0, 0.05) is 47.8 Å². The Morgan fingerprint density at radius 2 is 2.12 bits per heavy atom. The molecule has 0 radical (unpaired) electrons. The molecule has 1 amide bonds. The highest BCUT2D eigenvalue weighted by molar-refractivity contribution is 7.08. The number of hydrogen-bond acceptors (Lipinski definition) is 3. The first kappa shape index (κ1) is 16.5. The first-order valence-corrected chi connectivity index (χ1v) is 9.42. The Hall–Kier alpha value is -2.92. The molecule has 3 heterocycles. The van der Waals surface area contributed by atoms with Crippen LogP contribution in [0.2, 0.25) is 0 Å². The van der Waals surface area contributed by atoms with E-state index in [1.165, 1.54) is 0 Å². The highest BCUT2D eigenvalue weighted by Gasteiger charge is 2.10. The van der Waals surface area contributed by atoms with Crippen LogP contribution >= 0.6 is 11.3 Å². The highest BCUT2D eigenvalue weighted by atomic mass is 32.1. The van der Waals surface area contributed by atoms with Crippen molar-refractivity contribution in [3.8, 4) is 11.3 Å². The number of carbonyl (C=O) groups excluding carboxylic acids is 1. The van der Waals surface area contributed by atoms with Crippen LogP contribution in [0.25, 0.3) is 22.2 Å². The second kappa shape index (κ2) is 7.14. The van der Waals surface area contributed by atoms with E-state index in [1.54, 1.807) is 17.5 Å². The van der Waals surface area contributed by atoms with Gasteiger partial charge in [0.1, 0.15) is 0 Å². The van der Waals surface area contributed by atoms with Gasteiger partial charge >= 0.3 is 0 Å². The fraction of sp³-hybridized carbons (Fsp3) is 0.143. The van der Waals surface area contributed by atoms with Gasteiger partial charge in [0.15, 0.2) is 0 Å². The molecular weight excluding hydrogens is 342 g/mol. The standard InChI is InChI=1S/C21H19N3OS/c1-24-13-17(18-4-2-3-5-20(18)24)11-21(25)23-12-15-6-8-22-19(10-15)16-7-9-26-14-16/h2-10,13-14H,11-12H2,1H3,(H,23,25). The van der Waals surface area contributed by atoms with E-state index < -0.39 is 0 Å². The van der Waals surface area contributed by atoms with Crippen molar-refractivity contribution in [1.82, 2.24) is 14.9 Å². The SMILES string of the molecule is Cn1cc(CC(=O)NCc2ccnc(-c3ccsc3)c2)c2ccccc21. The maximum Gasteiger partial charge on any atom is 0.224 e. The average molecular weight is 361 g/mol. The zero-order valence-electron chi connectivity index (χ0n) is 14.5.